The van der Waals surface area contributed by atoms with E-state index >= 15 is 0 Å². The van der Waals surface area contributed by atoms with E-state index in [0.29, 0.717) is 0 Å². The number of rotatable bonds is 18. The summed E-state index contributed by atoms with van der Waals surface area (Å²) in [6.07, 6.45) is 21.7. The molecule has 1 nitrogen and oxygen atoms in total. The van der Waals surface area contributed by atoms with Crippen molar-refractivity contribution < 1.29 is 21.5 Å². The van der Waals surface area contributed by atoms with E-state index in [9.17, 15) is 0 Å². The summed E-state index contributed by atoms with van der Waals surface area (Å²) in [4.78, 5) is 0. The van der Waals surface area contributed by atoms with Crippen LogP contribution in [0.1, 0.15) is 109 Å². The van der Waals surface area contributed by atoms with Crippen LogP contribution in [0, 0.1) is 0 Å². The van der Waals surface area contributed by atoms with E-state index < -0.39 is 0 Å². The molecule has 0 heterocycles. The zero-order valence-electron chi connectivity index (χ0n) is 19.2. The minimum absolute atomic E-state index is 0. The summed E-state index contributed by atoms with van der Waals surface area (Å²) >= 11 is 0. The van der Waals surface area contributed by atoms with E-state index in [-0.39, 0.29) is 17.0 Å². The molecule has 0 aliphatic rings. The number of hydrogen-bond donors (Lipinski definition) is 0. The smallest absolute Gasteiger partial charge is 0.104 e. The second-order valence-electron chi connectivity index (χ2n) is 9.25. The Morgan fingerprint density at radius 2 is 0.964 bits per heavy atom. The molecule has 28 heavy (non-hydrogen) atoms. The summed E-state index contributed by atoms with van der Waals surface area (Å²) in [6.45, 7) is 4.75. The van der Waals surface area contributed by atoms with Crippen molar-refractivity contribution in [2.75, 3.05) is 20.6 Å². The highest BCUT2D eigenvalue weighted by molar-refractivity contribution is 5.13. The molecule has 164 valence electrons. The molecule has 0 unspecified atom stereocenters. The van der Waals surface area contributed by atoms with E-state index in [2.05, 4.69) is 51.4 Å². The molecule has 0 saturated carbocycles. The first kappa shape index (κ1) is 27.7. The lowest BCUT2D eigenvalue weighted by Crippen LogP contribution is -3.00. The molecule has 1 rings (SSSR count). The average Bonchev–Trinajstić information content (AvgIpc) is 2.65. The Morgan fingerprint density at radius 1 is 0.571 bits per heavy atom. The van der Waals surface area contributed by atoms with Crippen LogP contribution in [0.15, 0.2) is 30.3 Å². The van der Waals surface area contributed by atoms with Gasteiger partial charge in [-0.05, 0) is 12.8 Å². The van der Waals surface area contributed by atoms with Gasteiger partial charge in [-0.1, -0.05) is 121 Å². The number of unbranched alkanes of at least 4 members (excludes halogenated alkanes) is 14. The van der Waals surface area contributed by atoms with E-state index in [0.717, 1.165) is 11.0 Å². The van der Waals surface area contributed by atoms with E-state index in [4.69, 9.17) is 0 Å². The molecule has 0 aliphatic carbocycles. The highest BCUT2D eigenvalue weighted by atomic mass is 79.9. The zero-order chi connectivity index (χ0) is 19.6. The number of benzene rings is 1. The first-order valence-corrected chi connectivity index (χ1v) is 12.0. The quantitative estimate of drug-likeness (QED) is 0.213. The molecule has 0 aliphatic heterocycles. The third-order valence-electron chi connectivity index (χ3n) is 5.82. The monoisotopic (exact) mass is 453 g/mol. The Hall–Kier alpha value is -0.340. The van der Waals surface area contributed by atoms with Crippen molar-refractivity contribution in [3.05, 3.63) is 35.9 Å². The summed E-state index contributed by atoms with van der Waals surface area (Å²) in [7, 11) is 4.74. The van der Waals surface area contributed by atoms with Crippen LogP contribution in [-0.2, 0) is 6.54 Å². The topological polar surface area (TPSA) is 0 Å². The Labute approximate surface area is 187 Å². The van der Waals surface area contributed by atoms with Crippen LogP contribution in [0.5, 0.6) is 0 Å². The summed E-state index contributed by atoms with van der Waals surface area (Å²) < 4.78 is 1.11. The average molecular weight is 455 g/mol. The molecule has 0 N–H and O–H groups in total. The van der Waals surface area contributed by atoms with Gasteiger partial charge in [0.25, 0.3) is 0 Å². The fourth-order valence-electron chi connectivity index (χ4n) is 4.07. The third-order valence-corrected chi connectivity index (χ3v) is 5.82. The predicted octanol–water partition coefficient (Wildman–Crippen LogP) is 5.14. The first-order chi connectivity index (χ1) is 13.1. The largest absolute Gasteiger partial charge is 1.00 e. The fraction of sp³-hybridized carbons (Fsp3) is 0.769. The molecule has 0 atom stereocenters. The standard InChI is InChI=1S/C26H48N.BrH/c1-4-5-6-7-8-9-10-11-12-13-14-15-16-17-21-24-27(2,3)25-26-22-19-18-20-23-26;/h18-20,22-23H,4-17,21,24-25H2,1-3H3;1H/q+1;/p-1. The van der Waals surface area contributed by atoms with Crippen molar-refractivity contribution in [3.63, 3.8) is 0 Å². The number of halogens is 1. The fourth-order valence-corrected chi connectivity index (χ4v) is 4.07. The molecule has 2 heteroatoms. The van der Waals surface area contributed by atoms with Gasteiger partial charge < -0.3 is 21.5 Å². The molecule has 0 amide bonds. The van der Waals surface area contributed by atoms with Crippen molar-refractivity contribution in [3.8, 4) is 0 Å². The van der Waals surface area contributed by atoms with Gasteiger partial charge in [0, 0.05) is 5.56 Å². The molecule has 1 aromatic carbocycles. The van der Waals surface area contributed by atoms with E-state index in [1.165, 1.54) is 108 Å². The lowest BCUT2D eigenvalue weighted by Gasteiger charge is -2.30. The molecule has 0 aromatic heterocycles. The Balaban J connectivity index is 0.00000729. The number of quaternary nitrogens is 1. The van der Waals surface area contributed by atoms with Crippen molar-refractivity contribution in [1.29, 1.82) is 0 Å². The van der Waals surface area contributed by atoms with Gasteiger partial charge in [-0.2, -0.15) is 0 Å². The van der Waals surface area contributed by atoms with Gasteiger partial charge >= 0.3 is 0 Å². The van der Waals surface area contributed by atoms with Crippen LogP contribution in [0.25, 0.3) is 0 Å². The Morgan fingerprint density at radius 3 is 1.39 bits per heavy atom. The van der Waals surface area contributed by atoms with Crippen LogP contribution >= 0.6 is 0 Å². The minimum atomic E-state index is 0. The van der Waals surface area contributed by atoms with Crippen molar-refractivity contribution in [1.82, 2.24) is 0 Å². The summed E-state index contributed by atoms with van der Waals surface area (Å²) in [6, 6.07) is 10.9. The minimum Gasteiger partial charge on any atom is -1.00 e. The van der Waals surface area contributed by atoms with Crippen LogP contribution in [0.4, 0.5) is 0 Å². The first-order valence-electron chi connectivity index (χ1n) is 12.0. The summed E-state index contributed by atoms with van der Waals surface area (Å²) in [5, 5.41) is 0. The maximum atomic E-state index is 2.37. The predicted molar refractivity (Wildman–Crippen MR) is 122 cm³/mol. The third kappa shape index (κ3) is 16.6. The highest BCUT2D eigenvalue weighted by Gasteiger charge is 2.14. The molecule has 0 fully saturated rings. The second kappa shape index (κ2) is 18.7. The highest BCUT2D eigenvalue weighted by Crippen LogP contribution is 2.15. The molecule has 0 radical (unpaired) electrons. The molecule has 1 aromatic rings. The summed E-state index contributed by atoms with van der Waals surface area (Å²) in [5.41, 5.74) is 1.46. The molecular formula is C26H48BrN. The van der Waals surface area contributed by atoms with Gasteiger partial charge in [-0.15, -0.1) is 0 Å². The Kier molecular flexibility index (Phi) is 18.4. The van der Waals surface area contributed by atoms with Crippen molar-refractivity contribution >= 4 is 0 Å². The zero-order valence-corrected chi connectivity index (χ0v) is 20.8. The van der Waals surface area contributed by atoms with Crippen molar-refractivity contribution in [2.24, 2.45) is 0 Å². The Bertz CT molecular complexity index is 429. The lowest BCUT2D eigenvalue weighted by molar-refractivity contribution is -0.903. The van der Waals surface area contributed by atoms with Gasteiger partial charge in [-0.25, -0.2) is 0 Å². The molecular weight excluding hydrogens is 406 g/mol. The van der Waals surface area contributed by atoms with Gasteiger partial charge in [0.15, 0.2) is 0 Å². The van der Waals surface area contributed by atoms with Gasteiger partial charge in [0.1, 0.15) is 6.54 Å². The van der Waals surface area contributed by atoms with Gasteiger partial charge in [-0.3, -0.25) is 0 Å². The van der Waals surface area contributed by atoms with Crippen LogP contribution in [-0.4, -0.2) is 25.1 Å². The lowest BCUT2D eigenvalue weighted by atomic mass is 10.0. The molecule has 0 saturated heterocycles. The van der Waals surface area contributed by atoms with E-state index in [1.54, 1.807) is 0 Å². The second-order valence-corrected chi connectivity index (χ2v) is 9.25. The molecule has 0 spiro atoms. The normalized spacial score (nSPS) is 11.4. The number of nitrogens with zero attached hydrogens (tertiary/aromatic N) is 1. The maximum absolute atomic E-state index is 2.37. The maximum Gasteiger partial charge on any atom is 0.104 e. The SMILES string of the molecule is CCCCCCCCCCCCCCCCC[N+](C)(C)Cc1ccccc1.[Br-]. The number of hydrogen-bond acceptors (Lipinski definition) is 0. The van der Waals surface area contributed by atoms with Gasteiger partial charge in [0.05, 0.1) is 20.6 Å². The van der Waals surface area contributed by atoms with Crippen molar-refractivity contribution in [2.45, 2.75) is 110 Å². The van der Waals surface area contributed by atoms with E-state index in [1.807, 2.05) is 0 Å². The summed E-state index contributed by atoms with van der Waals surface area (Å²) in [5.74, 6) is 0. The van der Waals surface area contributed by atoms with Crippen LogP contribution in [0.2, 0.25) is 0 Å². The molecule has 0 bridgehead atoms. The van der Waals surface area contributed by atoms with Crippen LogP contribution in [0.3, 0.4) is 0 Å². The van der Waals surface area contributed by atoms with Crippen LogP contribution < -0.4 is 17.0 Å². The van der Waals surface area contributed by atoms with Gasteiger partial charge in [0.2, 0.25) is 0 Å².